The van der Waals surface area contributed by atoms with Gasteiger partial charge >= 0.3 is 0 Å². The Morgan fingerprint density at radius 2 is 1.67 bits per heavy atom. The summed E-state index contributed by atoms with van der Waals surface area (Å²) in [5, 5.41) is 17.2. The highest BCUT2D eigenvalue weighted by Crippen LogP contribution is 2.10. The number of hydrogen-bond donors (Lipinski definition) is 3. The molecule has 1 rings (SSSR count). The molecule has 0 radical (unpaired) electrons. The van der Waals surface area contributed by atoms with E-state index in [1.54, 1.807) is 0 Å². The first-order chi connectivity index (χ1) is 8.41. The van der Waals surface area contributed by atoms with Crippen molar-refractivity contribution in [2.24, 2.45) is 0 Å². The minimum absolute atomic E-state index is 0.248. The fraction of sp³-hybridized carbons (Fsp3) is 0.917. The molecule has 6 heteroatoms. The Balaban J connectivity index is 2.45. The number of amides is 1. The van der Waals surface area contributed by atoms with Gasteiger partial charge in [0.1, 0.15) is 0 Å². The van der Waals surface area contributed by atoms with Gasteiger partial charge in [-0.15, -0.1) is 0 Å². The van der Waals surface area contributed by atoms with Gasteiger partial charge < -0.3 is 10.6 Å². The van der Waals surface area contributed by atoms with Crippen molar-refractivity contribution in [2.45, 2.75) is 26.3 Å². The molecule has 0 saturated carbocycles. The molecule has 0 atom stereocenters. The molecule has 1 aliphatic heterocycles. The smallest absolute Gasteiger partial charge is 0.260 e. The van der Waals surface area contributed by atoms with Crippen molar-refractivity contribution in [1.29, 1.82) is 0 Å². The fourth-order valence-corrected chi connectivity index (χ4v) is 1.80. The molecule has 0 unspecified atom stereocenters. The van der Waals surface area contributed by atoms with E-state index in [-0.39, 0.29) is 12.5 Å². The fourth-order valence-electron chi connectivity index (χ4n) is 1.80. The zero-order chi connectivity index (χ0) is 13.6. The van der Waals surface area contributed by atoms with E-state index in [4.69, 9.17) is 0 Å². The number of nitrogens with zero attached hydrogens (tertiary/aromatic N) is 2. The normalized spacial score (nSPS) is 19.8. The molecule has 1 saturated heterocycles. The lowest BCUT2D eigenvalue weighted by atomic mass is 10.1. The summed E-state index contributed by atoms with van der Waals surface area (Å²) in [6, 6.07) is 0. The Labute approximate surface area is 109 Å². The van der Waals surface area contributed by atoms with E-state index in [1.807, 2.05) is 20.8 Å². The van der Waals surface area contributed by atoms with Gasteiger partial charge in [-0.3, -0.25) is 14.9 Å². The minimum atomic E-state index is -0.548. The Hall–Kier alpha value is -0.690. The maximum absolute atomic E-state index is 11.9. The average molecular weight is 258 g/mol. The van der Waals surface area contributed by atoms with Crippen LogP contribution in [0.4, 0.5) is 0 Å². The third-order valence-corrected chi connectivity index (χ3v) is 2.92. The van der Waals surface area contributed by atoms with Crippen LogP contribution in [0.15, 0.2) is 0 Å². The molecule has 1 aliphatic rings. The van der Waals surface area contributed by atoms with Gasteiger partial charge in [0.05, 0.1) is 12.1 Å². The highest BCUT2D eigenvalue weighted by molar-refractivity contribution is 5.77. The maximum Gasteiger partial charge on any atom is 0.260 e. The molecule has 0 aromatic rings. The minimum Gasteiger partial charge on any atom is -0.314 e. The van der Waals surface area contributed by atoms with Crippen molar-refractivity contribution in [2.75, 3.05) is 45.8 Å². The van der Waals surface area contributed by atoms with E-state index >= 15 is 0 Å². The molecule has 0 aliphatic carbocycles. The molecule has 6 nitrogen and oxygen atoms in total. The van der Waals surface area contributed by atoms with Gasteiger partial charge in [-0.25, -0.2) is 5.06 Å². The summed E-state index contributed by atoms with van der Waals surface area (Å²) in [5.41, 5.74) is -0.548. The zero-order valence-corrected chi connectivity index (χ0v) is 11.7. The van der Waals surface area contributed by atoms with Crippen LogP contribution in [0.2, 0.25) is 0 Å². The van der Waals surface area contributed by atoms with Gasteiger partial charge in [-0.05, 0) is 20.8 Å². The van der Waals surface area contributed by atoms with Crippen LogP contribution in [0.3, 0.4) is 0 Å². The largest absolute Gasteiger partial charge is 0.314 e. The van der Waals surface area contributed by atoms with Gasteiger partial charge in [-0.2, -0.15) is 0 Å². The molecule has 0 spiro atoms. The number of carbonyl (C=O) groups excluding carboxylic acids is 1. The average Bonchev–Trinajstić information content (AvgIpc) is 2.40. The van der Waals surface area contributed by atoms with Crippen LogP contribution in [0.5, 0.6) is 0 Å². The molecule has 0 aromatic heterocycles. The second kappa shape index (κ2) is 7.04. The lowest BCUT2D eigenvalue weighted by Crippen LogP contribution is -2.49. The van der Waals surface area contributed by atoms with Crippen molar-refractivity contribution < 1.29 is 10.0 Å². The number of carbonyl (C=O) groups is 1. The maximum atomic E-state index is 11.9. The van der Waals surface area contributed by atoms with Crippen LogP contribution < -0.4 is 10.6 Å². The molecule has 3 N–H and O–H groups in total. The predicted molar refractivity (Wildman–Crippen MR) is 70.6 cm³/mol. The van der Waals surface area contributed by atoms with Crippen LogP contribution in [0.25, 0.3) is 0 Å². The first-order valence-electron chi connectivity index (χ1n) is 6.57. The van der Waals surface area contributed by atoms with Gasteiger partial charge in [0.2, 0.25) is 0 Å². The molecule has 1 fully saturated rings. The standard InChI is InChI=1S/C12H26N4O2/c1-12(2,3)16(18)11(17)10-15-8-6-13-4-5-14-7-9-15/h13-14,18H,4-10H2,1-3H3. The molecule has 1 heterocycles. The Morgan fingerprint density at radius 1 is 1.17 bits per heavy atom. The summed E-state index contributed by atoms with van der Waals surface area (Å²) in [6.45, 7) is 11.0. The monoisotopic (exact) mass is 258 g/mol. The first-order valence-corrected chi connectivity index (χ1v) is 6.57. The third-order valence-electron chi connectivity index (χ3n) is 2.92. The predicted octanol–water partition coefficient (Wildman–Crippen LogP) is -0.502. The van der Waals surface area contributed by atoms with Crippen LogP contribution in [-0.4, -0.2) is 72.4 Å². The van der Waals surface area contributed by atoms with Crippen molar-refractivity contribution in [3.8, 4) is 0 Å². The van der Waals surface area contributed by atoms with E-state index in [1.165, 1.54) is 0 Å². The highest BCUT2D eigenvalue weighted by Gasteiger charge is 2.26. The molecule has 18 heavy (non-hydrogen) atoms. The van der Waals surface area contributed by atoms with Gasteiger partial charge in [-0.1, -0.05) is 0 Å². The van der Waals surface area contributed by atoms with E-state index in [2.05, 4.69) is 15.5 Å². The molecular weight excluding hydrogens is 232 g/mol. The van der Waals surface area contributed by atoms with Gasteiger partial charge in [0.15, 0.2) is 0 Å². The second-order valence-electron chi connectivity index (χ2n) is 5.65. The number of hydroxylamine groups is 2. The molecule has 106 valence electrons. The Morgan fingerprint density at radius 3 is 2.11 bits per heavy atom. The summed E-state index contributed by atoms with van der Waals surface area (Å²) in [6.07, 6.45) is 0. The number of nitrogens with one attached hydrogen (secondary N) is 2. The highest BCUT2D eigenvalue weighted by atomic mass is 16.5. The molecular formula is C12H26N4O2. The zero-order valence-electron chi connectivity index (χ0n) is 11.7. The van der Waals surface area contributed by atoms with Gasteiger partial charge in [0, 0.05) is 39.3 Å². The summed E-state index contributed by atoms with van der Waals surface area (Å²) in [7, 11) is 0. The van der Waals surface area contributed by atoms with E-state index in [0.717, 1.165) is 44.3 Å². The van der Waals surface area contributed by atoms with Gasteiger partial charge in [0.25, 0.3) is 5.91 Å². The van der Waals surface area contributed by atoms with Crippen molar-refractivity contribution in [3.05, 3.63) is 0 Å². The summed E-state index contributed by atoms with van der Waals surface area (Å²) < 4.78 is 0. The van der Waals surface area contributed by atoms with E-state index < -0.39 is 5.54 Å². The summed E-state index contributed by atoms with van der Waals surface area (Å²) in [4.78, 5) is 14.0. The Kier molecular flexibility index (Phi) is 6.01. The van der Waals surface area contributed by atoms with Crippen LogP contribution in [0.1, 0.15) is 20.8 Å². The SMILES string of the molecule is CC(C)(C)N(O)C(=O)CN1CCNCCNCC1. The lowest BCUT2D eigenvalue weighted by molar-refractivity contribution is -0.187. The van der Waals surface area contributed by atoms with Crippen LogP contribution >= 0.6 is 0 Å². The molecule has 1 amide bonds. The molecule has 0 aromatic carbocycles. The first kappa shape index (κ1) is 15.4. The third kappa shape index (κ3) is 5.30. The van der Waals surface area contributed by atoms with Crippen molar-refractivity contribution in [3.63, 3.8) is 0 Å². The van der Waals surface area contributed by atoms with Crippen LogP contribution in [-0.2, 0) is 4.79 Å². The summed E-state index contributed by atoms with van der Waals surface area (Å²) in [5.74, 6) is -0.248. The van der Waals surface area contributed by atoms with E-state index in [0.29, 0.717) is 0 Å². The number of rotatable bonds is 2. The van der Waals surface area contributed by atoms with E-state index in [9.17, 15) is 10.0 Å². The quantitative estimate of drug-likeness (QED) is 0.460. The van der Waals surface area contributed by atoms with Crippen LogP contribution in [0, 0.1) is 0 Å². The lowest BCUT2D eigenvalue weighted by Gasteiger charge is -2.31. The summed E-state index contributed by atoms with van der Waals surface area (Å²) >= 11 is 0. The van der Waals surface area contributed by atoms with Crippen molar-refractivity contribution >= 4 is 5.91 Å². The number of hydrogen-bond acceptors (Lipinski definition) is 5. The van der Waals surface area contributed by atoms with Crippen molar-refractivity contribution in [1.82, 2.24) is 20.6 Å². The topological polar surface area (TPSA) is 67.8 Å². The molecule has 0 bridgehead atoms. The second-order valence-corrected chi connectivity index (χ2v) is 5.65. The Bertz CT molecular complexity index is 255.